The molecule has 0 saturated carbocycles. The zero-order chi connectivity index (χ0) is 21.5. The highest BCUT2D eigenvalue weighted by Crippen LogP contribution is 2.33. The molecule has 7 heteroatoms. The molecule has 3 heterocycles. The van der Waals surface area contributed by atoms with Crippen molar-refractivity contribution in [3.63, 3.8) is 0 Å². The lowest BCUT2D eigenvalue weighted by atomic mass is 9.98. The normalized spacial score (nSPS) is 15.1. The Kier molecular flexibility index (Phi) is 5.12. The van der Waals surface area contributed by atoms with E-state index in [1.54, 1.807) is 6.33 Å². The van der Waals surface area contributed by atoms with Crippen LogP contribution in [0, 0.1) is 0 Å². The Morgan fingerprint density at radius 2 is 2.00 bits per heavy atom. The van der Waals surface area contributed by atoms with E-state index in [0.29, 0.717) is 16.8 Å². The van der Waals surface area contributed by atoms with Crippen LogP contribution in [0.15, 0.2) is 54.9 Å². The van der Waals surface area contributed by atoms with E-state index < -0.39 is 0 Å². The maximum Gasteiger partial charge on any atom is 0.257 e. The number of aromatic nitrogens is 4. The molecular weight excluding hydrogens is 408 g/mol. The molecule has 6 nitrogen and oxygen atoms in total. The zero-order valence-electron chi connectivity index (χ0n) is 18.0. The Hall–Kier alpha value is -2.96. The third kappa shape index (κ3) is 3.66. The van der Waals surface area contributed by atoms with Gasteiger partial charge in [-0.15, -0.1) is 10.2 Å². The Bertz CT molecular complexity index is 1290. The molecule has 0 amide bonds. The standard InChI is InChI=1S/C24H25ClN6/c1-16(2)30-11-9-17(10-12-30)18-5-4-6-20(13-18)29(3)23-21-8-7-19(25)14-22(21)31-15-26-28-24(31)27-23/h4-9,13-16H,10-12H2,1-3H3. The van der Waals surface area contributed by atoms with Gasteiger partial charge in [-0.25, -0.2) is 0 Å². The van der Waals surface area contributed by atoms with E-state index in [1.807, 2.05) is 29.6 Å². The minimum atomic E-state index is 0.552. The van der Waals surface area contributed by atoms with Gasteiger partial charge in [0.05, 0.1) is 5.52 Å². The number of halogens is 1. The van der Waals surface area contributed by atoms with Gasteiger partial charge >= 0.3 is 0 Å². The van der Waals surface area contributed by atoms with Gasteiger partial charge in [-0.1, -0.05) is 29.8 Å². The molecular formula is C24H25ClN6. The summed E-state index contributed by atoms with van der Waals surface area (Å²) in [7, 11) is 2.04. The second-order valence-corrected chi connectivity index (χ2v) is 8.71. The van der Waals surface area contributed by atoms with E-state index in [0.717, 1.165) is 41.9 Å². The van der Waals surface area contributed by atoms with Gasteiger partial charge in [-0.05, 0) is 61.7 Å². The van der Waals surface area contributed by atoms with Gasteiger partial charge in [-0.3, -0.25) is 9.30 Å². The second-order valence-electron chi connectivity index (χ2n) is 8.28. The summed E-state index contributed by atoms with van der Waals surface area (Å²) >= 11 is 6.27. The molecule has 158 valence electrons. The number of hydrogen-bond acceptors (Lipinski definition) is 5. The first kappa shape index (κ1) is 20.0. The average molecular weight is 433 g/mol. The summed E-state index contributed by atoms with van der Waals surface area (Å²) < 4.78 is 1.86. The highest BCUT2D eigenvalue weighted by molar-refractivity contribution is 6.31. The molecule has 0 unspecified atom stereocenters. The van der Waals surface area contributed by atoms with E-state index in [1.165, 1.54) is 11.1 Å². The van der Waals surface area contributed by atoms with Crippen molar-refractivity contribution >= 4 is 45.4 Å². The summed E-state index contributed by atoms with van der Waals surface area (Å²) in [5.41, 5.74) is 4.69. The van der Waals surface area contributed by atoms with Gasteiger partial charge in [-0.2, -0.15) is 4.98 Å². The van der Waals surface area contributed by atoms with Gasteiger partial charge in [0.15, 0.2) is 0 Å². The van der Waals surface area contributed by atoms with Crippen molar-refractivity contribution in [1.82, 2.24) is 24.5 Å². The summed E-state index contributed by atoms with van der Waals surface area (Å²) in [5, 5.41) is 9.86. The van der Waals surface area contributed by atoms with E-state index in [4.69, 9.17) is 16.6 Å². The first-order chi connectivity index (χ1) is 15.0. The maximum absolute atomic E-state index is 6.27. The van der Waals surface area contributed by atoms with Crippen LogP contribution in [0.1, 0.15) is 25.8 Å². The van der Waals surface area contributed by atoms with E-state index in [2.05, 4.69) is 64.2 Å². The van der Waals surface area contributed by atoms with Crippen molar-refractivity contribution in [1.29, 1.82) is 0 Å². The number of benzene rings is 2. The predicted molar refractivity (Wildman–Crippen MR) is 127 cm³/mol. The van der Waals surface area contributed by atoms with Gasteiger partial charge in [0.2, 0.25) is 0 Å². The van der Waals surface area contributed by atoms with Crippen LogP contribution in [-0.4, -0.2) is 50.7 Å². The molecule has 0 N–H and O–H groups in total. The van der Waals surface area contributed by atoms with Crippen molar-refractivity contribution in [3.05, 3.63) is 65.5 Å². The lowest BCUT2D eigenvalue weighted by molar-refractivity contribution is 0.245. The van der Waals surface area contributed by atoms with Crippen LogP contribution < -0.4 is 4.90 Å². The van der Waals surface area contributed by atoms with Gasteiger partial charge in [0.1, 0.15) is 12.1 Å². The Labute approximate surface area is 186 Å². The molecule has 2 aromatic heterocycles. The summed E-state index contributed by atoms with van der Waals surface area (Å²) in [6.07, 6.45) is 5.10. The van der Waals surface area contributed by atoms with E-state index >= 15 is 0 Å². The molecule has 0 aliphatic carbocycles. The molecule has 31 heavy (non-hydrogen) atoms. The molecule has 0 bridgehead atoms. The molecule has 2 aromatic carbocycles. The van der Waals surface area contributed by atoms with Crippen LogP contribution >= 0.6 is 11.6 Å². The molecule has 0 atom stereocenters. The van der Waals surface area contributed by atoms with Crippen molar-refractivity contribution in [2.75, 3.05) is 25.0 Å². The molecule has 0 spiro atoms. The lowest BCUT2D eigenvalue weighted by Crippen LogP contribution is -2.34. The molecule has 0 saturated heterocycles. The number of anilines is 2. The molecule has 4 aromatic rings. The summed E-state index contributed by atoms with van der Waals surface area (Å²) in [6, 6.07) is 15.1. The van der Waals surface area contributed by atoms with Crippen LogP contribution in [0.4, 0.5) is 11.5 Å². The maximum atomic E-state index is 6.27. The lowest BCUT2D eigenvalue weighted by Gasteiger charge is -2.30. The van der Waals surface area contributed by atoms with Crippen LogP contribution in [0.5, 0.6) is 0 Å². The number of fused-ring (bicyclic) bond motifs is 3. The minimum Gasteiger partial charge on any atom is -0.329 e. The SMILES string of the molecule is CC(C)N1CC=C(c2cccc(N(C)c3nc4nncn4c4cc(Cl)ccc34)c2)CC1. The summed E-state index contributed by atoms with van der Waals surface area (Å²) in [4.78, 5) is 9.40. The first-order valence-corrected chi connectivity index (χ1v) is 11.0. The average Bonchev–Trinajstić information content (AvgIpc) is 3.27. The fourth-order valence-corrected chi connectivity index (χ4v) is 4.40. The van der Waals surface area contributed by atoms with Crippen molar-refractivity contribution < 1.29 is 0 Å². The van der Waals surface area contributed by atoms with Crippen LogP contribution in [0.3, 0.4) is 0 Å². The quantitative estimate of drug-likeness (QED) is 0.443. The van der Waals surface area contributed by atoms with E-state index in [9.17, 15) is 0 Å². The Morgan fingerprint density at radius 1 is 1.13 bits per heavy atom. The van der Waals surface area contributed by atoms with Gasteiger partial charge in [0, 0.05) is 42.3 Å². The first-order valence-electron chi connectivity index (χ1n) is 10.6. The van der Waals surface area contributed by atoms with Crippen LogP contribution in [0.2, 0.25) is 5.02 Å². The number of rotatable bonds is 4. The Balaban J connectivity index is 1.54. The second kappa shape index (κ2) is 7.94. The fourth-order valence-electron chi connectivity index (χ4n) is 4.23. The van der Waals surface area contributed by atoms with Gasteiger partial charge < -0.3 is 4.90 Å². The smallest absolute Gasteiger partial charge is 0.257 e. The minimum absolute atomic E-state index is 0.552. The van der Waals surface area contributed by atoms with Crippen molar-refractivity contribution in [3.8, 4) is 0 Å². The van der Waals surface area contributed by atoms with E-state index in [-0.39, 0.29) is 0 Å². The molecule has 0 radical (unpaired) electrons. The Morgan fingerprint density at radius 3 is 2.77 bits per heavy atom. The fraction of sp³-hybridized carbons (Fsp3) is 0.292. The third-order valence-electron chi connectivity index (χ3n) is 6.09. The largest absolute Gasteiger partial charge is 0.329 e. The van der Waals surface area contributed by atoms with Crippen molar-refractivity contribution in [2.45, 2.75) is 26.3 Å². The van der Waals surface area contributed by atoms with Gasteiger partial charge in [0.25, 0.3) is 5.78 Å². The predicted octanol–water partition coefficient (Wildman–Crippen LogP) is 5.20. The molecule has 1 aliphatic heterocycles. The van der Waals surface area contributed by atoms with Crippen molar-refractivity contribution in [2.24, 2.45) is 0 Å². The topological polar surface area (TPSA) is 49.6 Å². The molecule has 1 aliphatic rings. The number of nitrogens with zero attached hydrogens (tertiary/aromatic N) is 6. The summed E-state index contributed by atoms with van der Waals surface area (Å²) in [6.45, 7) is 6.61. The monoisotopic (exact) mass is 432 g/mol. The molecule has 0 fully saturated rings. The number of hydrogen-bond donors (Lipinski definition) is 0. The van der Waals surface area contributed by atoms with Crippen LogP contribution in [-0.2, 0) is 0 Å². The molecule has 5 rings (SSSR count). The highest BCUT2D eigenvalue weighted by atomic mass is 35.5. The zero-order valence-corrected chi connectivity index (χ0v) is 18.7. The van der Waals surface area contributed by atoms with Crippen LogP contribution in [0.25, 0.3) is 22.3 Å². The third-order valence-corrected chi connectivity index (χ3v) is 6.32. The highest BCUT2D eigenvalue weighted by Gasteiger charge is 2.18. The summed E-state index contributed by atoms with van der Waals surface area (Å²) in [5.74, 6) is 1.38.